The highest BCUT2D eigenvalue weighted by Crippen LogP contribution is 2.24. The molecule has 0 bridgehead atoms. The zero-order valence-electron chi connectivity index (χ0n) is 14.8. The molecule has 26 heavy (non-hydrogen) atoms. The lowest BCUT2D eigenvalue weighted by Crippen LogP contribution is -2.37. The molecular weight excluding hydrogens is 398 g/mol. The SMILES string of the molecule is COc1ccc(Br)cc1/C=C/C(=O)OC(C)C(=O)N(C)c1ccccc1. The van der Waals surface area contributed by atoms with Gasteiger partial charge in [0.1, 0.15) is 5.75 Å². The zero-order chi connectivity index (χ0) is 19.1. The fourth-order valence-corrected chi connectivity index (χ4v) is 2.69. The first kappa shape index (κ1) is 19.7. The Morgan fingerprint density at radius 2 is 1.85 bits per heavy atom. The minimum Gasteiger partial charge on any atom is -0.496 e. The summed E-state index contributed by atoms with van der Waals surface area (Å²) < 4.78 is 11.3. The lowest BCUT2D eigenvalue weighted by molar-refractivity contribution is -0.148. The zero-order valence-corrected chi connectivity index (χ0v) is 16.4. The van der Waals surface area contributed by atoms with E-state index in [4.69, 9.17) is 9.47 Å². The highest BCUT2D eigenvalue weighted by molar-refractivity contribution is 9.10. The second-order valence-electron chi connectivity index (χ2n) is 5.53. The molecule has 0 fully saturated rings. The number of hydrogen-bond donors (Lipinski definition) is 0. The summed E-state index contributed by atoms with van der Waals surface area (Å²) in [7, 11) is 3.20. The number of benzene rings is 2. The molecule has 2 aromatic rings. The molecule has 1 amide bonds. The summed E-state index contributed by atoms with van der Waals surface area (Å²) in [5.74, 6) is -0.280. The van der Waals surface area contributed by atoms with Crippen LogP contribution in [0.15, 0.2) is 59.1 Å². The maximum atomic E-state index is 12.4. The molecule has 5 nitrogen and oxygen atoms in total. The summed E-state index contributed by atoms with van der Waals surface area (Å²) in [6.07, 6.45) is 1.96. The standard InChI is InChI=1S/C20H20BrNO4/c1-14(20(24)22(2)17-7-5-4-6-8-17)26-19(23)12-9-15-13-16(21)10-11-18(15)25-3/h4-14H,1-3H3/b12-9+. The number of nitrogens with zero attached hydrogens (tertiary/aromatic N) is 1. The van der Waals surface area contributed by atoms with Crippen molar-refractivity contribution in [3.63, 3.8) is 0 Å². The van der Waals surface area contributed by atoms with Gasteiger partial charge in [-0.25, -0.2) is 4.79 Å². The van der Waals surface area contributed by atoms with Gasteiger partial charge < -0.3 is 14.4 Å². The van der Waals surface area contributed by atoms with Crippen LogP contribution in [0.5, 0.6) is 5.75 Å². The Kier molecular flexibility index (Phi) is 6.97. The number of amides is 1. The number of carbonyl (C=O) groups is 2. The molecule has 2 rings (SSSR count). The number of anilines is 1. The van der Waals surface area contributed by atoms with Crippen molar-refractivity contribution in [3.8, 4) is 5.75 Å². The summed E-state index contributed by atoms with van der Waals surface area (Å²) >= 11 is 3.37. The van der Waals surface area contributed by atoms with E-state index in [1.807, 2.05) is 42.5 Å². The molecule has 0 aliphatic heterocycles. The third kappa shape index (κ3) is 5.20. The van der Waals surface area contributed by atoms with Gasteiger partial charge in [-0.15, -0.1) is 0 Å². The topological polar surface area (TPSA) is 55.8 Å². The number of likely N-dealkylation sites (N-methyl/N-ethyl adjacent to an activating group) is 1. The van der Waals surface area contributed by atoms with Crippen molar-refractivity contribution < 1.29 is 19.1 Å². The van der Waals surface area contributed by atoms with Gasteiger partial charge in [-0.05, 0) is 43.3 Å². The minimum atomic E-state index is -0.901. The van der Waals surface area contributed by atoms with Crippen LogP contribution in [0, 0.1) is 0 Å². The predicted molar refractivity (Wildman–Crippen MR) is 105 cm³/mol. The Hall–Kier alpha value is -2.60. The molecule has 0 aromatic heterocycles. The van der Waals surface area contributed by atoms with E-state index in [1.54, 1.807) is 33.2 Å². The Morgan fingerprint density at radius 3 is 2.50 bits per heavy atom. The molecule has 1 unspecified atom stereocenters. The van der Waals surface area contributed by atoms with Gasteiger partial charge in [0.25, 0.3) is 5.91 Å². The minimum absolute atomic E-state index is 0.307. The van der Waals surface area contributed by atoms with Crippen molar-refractivity contribution in [3.05, 3.63) is 64.6 Å². The van der Waals surface area contributed by atoms with Crippen molar-refractivity contribution >= 4 is 39.6 Å². The number of esters is 1. The first-order valence-electron chi connectivity index (χ1n) is 7.97. The number of methoxy groups -OCH3 is 1. The van der Waals surface area contributed by atoms with Crippen LogP contribution in [-0.2, 0) is 14.3 Å². The summed E-state index contributed by atoms with van der Waals surface area (Å²) in [6, 6.07) is 14.6. The van der Waals surface area contributed by atoms with Gasteiger partial charge in [-0.2, -0.15) is 0 Å². The molecule has 0 radical (unpaired) electrons. The van der Waals surface area contributed by atoms with Crippen LogP contribution in [0.3, 0.4) is 0 Å². The van der Waals surface area contributed by atoms with Crippen molar-refractivity contribution in [2.75, 3.05) is 19.1 Å². The van der Waals surface area contributed by atoms with Crippen LogP contribution in [0.4, 0.5) is 5.69 Å². The highest BCUT2D eigenvalue weighted by atomic mass is 79.9. The van der Waals surface area contributed by atoms with E-state index in [-0.39, 0.29) is 5.91 Å². The lowest BCUT2D eigenvalue weighted by Gasteiger charge is -2.21. The van der Waals surface area contributed by atoms with Crippen LogP contribution >= 0.6 is 15.9 Å². The molecule has 136 valence electrons. The number of halogens is 1. The Balaban J connectivity index is 2.01. The first-order valence-corrected chi connectivity index (χ1v) is 8.76. The predicted octanol–water partition coefficient (Wildman–Crippen LogP) is 4.07. The van der Waals surface area contributed by atoms with Crippen LogP contribution in [0.1, 0.15) is 12.5 Å². The van der Waals surface area contributed by atoms with Crippen LogP contribution in [0.2, 0.25) is 0 Å². The Labute approximate surface area is 161 Å². The number of carbonyl (C=O) groups excluding carboxylic acids is 2. The quantitative estimate of drug-likeness (QED) is 0.525. The molecule has 6 heteroatoms. The Bertz CT molecular complexity index is 805. The van der Waals surface area contributed by atoms with Gasteiger partial charge in [0, 0.05) is 28.8 Å². The van der Waals surface area contributed by atoms with E-state index < -0.39 is 12.1 Å². The summed E-state index contributed by atoms with van der Waals surface area (Å²) in [6.45, 7) is 1.55. The van der Waals surface area contributed by atoms with Crippen LogP contribution in [0.25, 0.3) is 6.08 Å². The third-order valence-corrected chi connectivity index (χ3v) is 4.20. The van der Waals surface area contributed by atoms with Gasteiger partial charge in [-0.3, -0.25) is 4.79 Å². The number of hydrogen-bond acceptors (Lipinski definition) is 4. The molecule has 1 atom stereocenters. The van der Waals surface area contributed by atoms with E-state index in [1.165, 1.54) is 11.0 Å². The molecule has 0 heterocycles. The van der Waals surface area contributed by atoms with Gasteiger partial charge in [0.05, 0.1) is 7.11 Å². The molecule has 2 aromatic carbocycles. The monoisotopic (exact) mass is 417 g/mol. The smallest absolute Gasteiger partial charge is 0.331 e. The molecule has 0 N–H and O–H groups in total. The molecular formula is C20H20BrNO4. The first-order chi connectivity index (χ1) is 12.4. The second-order valence-corrected chi connectivity index (χ2v) is 6.45. The highest BCUT2D eigenvalue weighted by Gasteiger charge is 2.21. The van der Waals surface area contributed by atoms with Crippen molar-refractivity contribution in [1.82, 2.24) is 0 Å². The van der Waals surface area contributed by atoms with Gasteiger partial charge in [-0.1, -0.05) is 34.1 Å². The van der Waals surface area contributed by atoms with Crippen molar-refractivity contribution in [1.29, 1.82) is 0 Å². The molecule has 0 saturated heterocycles. The molecule has 0 saturated carbocycles. The average Bonchev–Trinajstić information content (AvgIpc) is 2.66. The van der Waals surface area contributed by atoms with Crippen LogP contribution in [-0.4, -0.2) is 32.1 Å². The molecule has 0 aliphatic rings. The van der Waals surface area contributed by atoms with E-state index in [2.05, 4.69) is 15.9 Å². The Morgan fingerprint density at radius 1 is 1.15 bits per heavy atom. The summed E-state index contributed by atoms with van der Waals surface area (Å²) in [4.78, 5) is 25.9. The largest absolute Gasteiger partial charge is 0.496 e. The number of para-hydroxylation sites is 1. The normalized spacial score (nSPS) is 11.8. The summed E-state index contributed by atoms with van der Waals surface area (Å²) in [5, 5.41) is 0. The fourth-order valence-electron chi connectivity index (χ4n) is 2.31. The van der Waals surface area contributed by atoms with Gasteiger partial charge in [0.15, 0.2) is 6.10 Å². The van der Waals surface area contributed by atoms with E-state index >= 15 is 0 Å². The molecule has 0 aliphatic carbocycles. The molecule has 0 spiro atoms. The second kappa shape index (κ2) is 9.20. The maximum Gasteiger partial charge on any atom is 0.331 e. The summed E-state index contributed by atoms with van der Waals surface area (Å²) in [5.41, 5.74) is 1.45. The number of rotatable bonds is 6. The lowest BCUT2D eigenvalue weighted by atomic mass is 10.2. The average molecular weight is 418 g/mol. The van der Waals surface area contributed by atoms with Crippen molar-refractivity contribution in [2.45, 2.75) is 13.0 Å². The fraction of sp³-hybridized carbons (Fsp3) is 0.200. The number of ether oxygens (including phenoxy) is 2. The van der Waals surface area contributed by atoms with Gasteiger partial charge in [0.2, 0.25) is 0 Å². The van der Waals surface area contributed by atoms with Crippen molar-refractivity contribution in [2.24, 2.45) is 0 Å². The maximum absolute atomic E-state index is 12.4. The van der Waals surface area contributed by atoms with E-state index in [9.17, 15) is 9.59 Å². The van der Waals surface area contributed by atoms with Crippen LogP contribution < -0.4 is 9.64 Å². The third-order valence-electron chi connectivity index (χ3n) is 3.71. The van der Waals surface area contributed by atoms with E-state index in [0.717, 1.165) is 15.7 Å². The van der Waals surface area contributed by atoms with Gasteiger partial charge >= 0.3 is 5.97 Å². The van der Waals surface area contributed by atoms with E-state index in [0.29, 0.717) is 5.75 Å².